The molecule has 7 heteroatoms. The average molecular weight is 391 g/mol. The van der Waals surface area contributed by atoms with Crippen LogP contribution in [0.4, 0.5) is 0 Å². The SMILES string of the molecule is COC(=O)COc1cccc(/C=N/NC(=O)c2ccccc2Br)c1. The van der Waals surface area contributed by atoms with Crippen LogP contribution in [-0.2, 0) is 9.53 Å². The molecule has 2 rings (SSSR count). The Morgan fingerprint density at radius 2 is 2.00 bits per heavy atom. The lowest BCUT2D eigenvalue weighted by Gasteiger charge is -2.05. The van der Waals surface area contributed by atoms with Crippen molar-refractivity contribution in [3.05, 3.63) is 64.1 Å². The normalized spacial score (nSPS) is 10.4. The summed E-state index contributed by atoms with van der Waals surface area (Å²) in [5.41, 5.74) is 3.66. The number of benzene rings is 2. The molecule has 0 spiro atoms. The Morgan fingerprint density at radius 3 is 2.75 bits per heavy atom. The summed E-state index contributed by atoms with van der Waals surface area (Å²) in [6.07, 6.45) is 1.49. The molecule has 0 radical (unpaired) electrons. The molecule has 0 saturated heterocycles. The Hall–Kier alpha value is -2.67. The highest BCUT2D eigenvalue weighted by Gasteiger charge is 2.07. The molecular weight excluding hydrogens is 376 g/mol. The minimum atomic E-state index is -0.463. The molecule has 0 aliphatic carbocycles. The number of halogens is 1. The van der Waals surface area contributed by atoms with Gasteiger partial charge in [-0.3, -0.25) is 4.79 Å². The smallest absolute Gasteiger partial charge is 0.343 e. The van der Waals surface area contributed by atoms with Gasteiger partial charge >= 0.3 is 5.97 Å². The van der Waals surface area contributed by atoms with Gasteiger partial charge in [-0.15, -0.1) is 0 Å². The third-order valence-electron chi connectivity index (χ3n) is 2.94. The first-order chi connectivity index (χ1) is 11.6. The van der Waals surface area contributed by atoms with Gasteiger partial charge in [-0.25, -0.2) is 10.2 Å². The van der Waals surface area contributed by atoms with E-state index >= 15 is 0 Å². The van der Waals surface area contributed by atoms with Crippen LogP contribution < -0.4 is 10.2 Å². The van der Waals surface area contributed by atoms with Gasteiger partial charge in [-0.05, 0) is 45.8 Å². The molecule has 0 atom stereocenters. The van der Waals surface area contributed by atoms with E-state index in [2.05, 4.69) is 31.2 Å². The molecule has 0 aliphatic heterocycles. The molecule has 24 heavy (non-hydrogen) atoms. The molecule has 124 valence electrons. The van der Waals surface area contributed by atoms with Crippen LogP contribution in [0.1, 0.15) is 15.9 Å². The van der Waals surface area contributed by atoms with Gasteiger partial charge in [0, 0.05) is 4.47 Å². The summed E-state index contributed by atoms with van der Waals surface area (Å²) in [5.74, 6) is -0.284. The highest BCUT2D eigenvalue weighted by atomic mass is 79.9. The summed E-state index contributed by atoms with van der Waals surface area (Å²) in [6, 6.07) is 14.0. The number of amides is 1. The van der Waals surface area contributed by atoms with Crippen molar-refractivity contribution >= 4 is 34.0 Å². The predicted octanol–water partition coefficient (Wildman–Crippen LogP) is 2.76. The molecule has 1 N–H and O–H groups in total. The zero-order chi connectivity index (χ0) is 17.4. The second-order valence-corrected chi connectivity index (χ2v) is 5.47. The van der Waals surface area contributed by atoms with Crippen molar-refractivity contribution in [1.82, 2.24) is 5.43 Å². The summed E-state index contributed by atoms with van der Waals surface area (Å²) in [4.78, 5) is 23.1. The highest BCUT2D eigenvalue weighted by Crippen LogP contribution is 2.15. The quantitative estimate of drug-likeness (QED) is 0.467. The molecule has 0 aliphatic rings. The largest absolute Gasteiger partial charge is 0.482 e. The third kappa shape index (κ3) is 5.20. The fraction of sp³-hybridized carbons (Fsp3) is 0.118. The van der Waals surface area contributed by atoms with Crippen molar-refractivity contribution in [3.8, 4) is 5.75 Å². The van der Waals surface area contributed by atoms with Crippen LogP contribution in [0.25, 0.3) is 0 Å². The Balaban J connectivity index is 1.95. The fourth-order valence-corrected chi connectivity index (χ4v) is 2.22. The van der Waals surface area contributed by atoms with Gasteiger partial charge in [-0.2, -0.15) is 5.10 Å². The minimum absolute atomic E-state index is 0.171. The second-order valence-electron chi connectivity index (χ2n) is 4.62. The number of nitrogens with one attached hydrogen (secondary N) is 1. The number of carbonyl (C=O) groups excluding carboxylic acids is 2. The van der Waals surface area contributed by atoms with Gasteiger partial charge < -0.3 is 9.47 Å². The van der Waals surface area contributed by atoms with Crippen molar-refractivity contribution in [3.63, 3.8) is 0 Å². The molecule has 0 aromatic heterocycles. The molecule has 6 nitrogen and oxygen atoms in total. The zero-order valence-electron chi connectivity index (χ0n) is 12.9. The van der Waals surface area contributed by atoms with E-state index in [9.17, 15) is 9.59 Å². The summed E-state index contributed by atoms with van der Waals surface area (Å²) >= 11 is 3.31. The lowest BCUT2D eigenvalue weighted by molar-refractivity contribution is -0.142. The summed E-state index contributed by atoms with van der Waals surface area (Å²) in [6.45, 7) is -0.171. The average Bonchev–Trinajstić information content (AvgIpc) is 2.60. The van der Waals surface area contributed by atoms with E-state index in [0.29, 0.717) is 21.3 Å². The zero-order valence-corrected chi connectivity index (χ0v) is 14.4. The second kappa shape index (κ2) is 8.83. The van der Waals surface area contributed by atoms with Crippen LogP contribution >= 0.6 is 15.9 Å². The minimum Gasteiger partial charge on any atom is -0.482 e. The number of hydrogen-bond donors (Lipinski definition) is 1. The molecule has 0 bridgehead atoms. The molecular formula is C17H15BrN2O4. The standard InChI is InChI=1S/C17H15BrN2O4/c1-23-16(21)11-24-13-6-4-5-12(9-13)10-19-20-17(22)14-7-2-3-8-15(14)18/h2-10H,11H2,1H3,(H,20,22)/b19-10+. The summed E-state index contributed by atoms with van der Waals surface area (Å²) in [7, 11) is 1.29. The number of ether oxygens (including phenoxy) is 2. The lowest BCUT2D eigenvalue weighted by atomic mass is 10.2. The summed E-state index contributed by atoms with van der Waals surface area (Å²) in [5, 5.41) is 3.92. The summed E-state index contributed by atoms with van der Waals surface area (Å²) < 4.78 is 10.5. The maximum atomic E-state index is 12.0. The number of rotatable bonds is 6. The first-order valence-electron chi connectivity index (χ1n) is 6.98. The Morgan fingerprint density at radius 1 is 1.21 bits per heavy atom. The molecule has 0 unspecified atom stereocenters. The number of methoxy groups -OCH3 is 1. The van der Waals surface area contributed by atoms with Crippen LogP contribution in [0.2, 0.25) is 0 Å². The maximum absolute atomic E-state index is 12.0. The molecule has 2 aromatic carbocycles. The van der Waals surface area contributed by atoms with Gasteiger partial charge in [0.05, 0.1) is 18.9 Å². The highest BCUT2D eigenvalue weighted by molar-refractivity contribution is 9.10. The van der Waals surface area contributed by atoms with E-state index in [1.807, 2.05) is 6.07 Å². The fourth-order valence-electron chi connectivity index (χ4n) is 1.76. The topological polar surface area (TPSA) is 77.0 Å². The predicted molar refractivity (Wildman–Crippen MR) is 93.2 cm³/mol. The van der Waals surface area contributed by atoms with E-state index in [0.717, 1.165) is 0 Å². The molecule has 1 amide bonds. The molecule has 0 fully saturated rings. The van der Waals surface area contributed by atoms with Crippen LogP contribution in [0.3, 0.4) is 0 Å². The molecule has 0 heterocycles. The maximum Gasteiger partial charge on any atom is 0.343 e. The van der Waals surface area contributed by atoms with Gasteiger partial charge in [0.2, 0.25) is 0 Å². The van der Waals surface area contributed by atoms with Crippen molar-refractivity contribution in [2.75, 3.05) is 13.7 Å². The first kappa shape index (κ1) is 17.7. The Labute approximate surface area is 147 Å². The van der Waals surface area contributed by atoms with Crippen LogP contribution in [0.15, 0.2) is 58.1 Å². The van der Waals surface area contributed by atoms with Crippen molar-refractivity contribution in [2.45, 2.75) is 0 Å². The van der Waals surface area contributed by atoms with Crippen molar-refractivity contribution in [2.24, 2.45) is 5.10 Å². The van der Waals surface area contributed by atoms with E-state index in [-0.39, 0.29) is 12.5 Å². The lowest BCUT2D eigenvalue weighted by Crippen LogP contribution is -2.18. The van der Waals surface area contributed by atoms with E-state index < -0.39 is 5.97 Å². The van der Waals surface area contributed by atoms with E-state index in [1.54, 1.807) is 42.5 Å². The number of nitrogens with zero attached hydrogens (tertiary/aromatic N) is 1. The Bertz CT molecular complexity index is 762. The van der Waals surface area contributed by atoms with Crippen LogP contribution in [-0.4, -0.2) is 31.8 Å². The Kier molecular flexibility index (Phi) is 6.51. The van der Waals surface area contributed by atoms with Gasteiger partial charge in [-0.1, -0.05) is 24.3 Å². The van der Waals surface area contributed by atoms with E-state index in [4.69, 9.17) is 4.74 Å². The van der Waals surface area contributed by atoms with Gasteiger partial charge in [0.1, 0.15) is 5.75 Å². The van der Waals surface area contributed by atoms with Crippen molar-refractivity contribution < 1.29 is 19.1 Å². The number of carbonyl (C=O) groups is 2. The first-order valence-corrected chi connectivity index (χ1v) is 7.77. The number of esters is 1. The van der Waals surface area contributed by atoms with Crippen molar-refractivity contribution in [1.29, 1.82) is 0 Å². The van der Waals surface area contributed by atoms with E-state index in [1.165, 1.54) is 13.3 Å². The molecule has 2 aromatic rings. The molecule has 0 saturated carbocycles. The van der Waals surface area contributed by atoms with Crippen LogP contribution in [0, 0.1) is 0 Å². The van der Waals surface area contributed by atoms with Gasteiger partial charge in [0.25, 0.3) is 5.91 Å². The van der Waals surface area contributed by atoms with Gasteiger partial charge in [0.15, 0.2) is 6.61 Å². The number of hydrazone groups is 1. The third-order valence-corrected chi connectivity index (χ3v) is 3.63. The monoisotopic (exact) mass is 390 g/mol. The number of hydrogen-bond acceptors (Lipinski definition) is 5. The van der Waals surface area contributed by atoms with Crippen LogP contribution in [0.5, 0.6) is 5.75 Å².